The highest BCUT2D eigenvalue weighted by molar-refractivity contribution is 5.76. The summed E-state index contributed by atoms with van der Waals surface area (Å²) < 4.78 is 41.2. The second kappa shape index (κ2) is 6.04. The molecule has 0 aliphatic heterocycles. The first kappa shape index (κ1) is 17.0. The van der Waals surface area contributed by atoms with Crippen LogP contribution in [0, 0.1) is 6.92 Å². The summed E-state index contributed by atoms with van der Waals surface area (Å²) in [6.45, 7) is 1.86. The van der Waals surface area contributed by atoms with Crippen LogP contribution in [0.1, 0.15) is 11.3 Å². The lowest BCUT2D eigenvalue weighted by molar-refractivity contribution is -0.137. The number of fused-ring (bicyclic) bond motifs is 1. The number of nitrogen functional groups attached to an aromatic ring is 1. The molecule has 0 saturated heterocycles. The third-order valence-electron chi connectivity index (χ3n) is 4.08. The average molecular weight is 370 g/mol. The van der Waals surface area contributed by atoms with Crippen LogP contribution in [0.3, 0.4) is 0 Å². The number of aryl methyl sites for hydroxylation is 1. The molecular weight excluding hydrogens is 357 g/mol. The number of halogens is 3. The molecule has 0 aliphatic carbocycles. The van der Waals surface area contributed by atoms with Gasteiger partial charge in [-0.3, -0.25) is 9.97 Å². The fourth-order valence-electron chi connectivity index (χ4n) is 2.77. The number of nitrogens with two attached hydrogens (primary N) is 1. The monoisotopic (exact) mass is 370 g/mol. The first-order valence-corrected chi connectivity index (χ1v) is 7.94. The van der Waals surface area contributed by atoms with E-state index in [-0.39, 0.29) is 17.1 Å². The Labute approximate surface area is 151 Å². The van der Waals surface area contributed by atoms with Crippen LogP contribution in [0.2, 0.25) is 0 Å². The first-order chi connectivity index (χ1) is 12.8. The number of aromatic nitrogens is 5. The number of anilines is 1. The van der Waals surface area contributed by atoms with Crippen molar-refractivity contribution in [3.05, 3.63) is 60.2 Å². The van der Waals surface area contributed by atoms with E-state index in [9.17, 15) is 13.2 Å². The quantitative estimate of drug-likeness (QED) is 0.581. The van der Waals surface area contributed by atoms with Crippen molar-refractivity contribution in [1.82, 2.24) is 24.6 Å². The maximum atomic E-state index is 13.3. The SMILES string of the molecule is Cc1ccc(-c2nc3cc(-c4ncccc4C(F)(F)F)cnn3c2N)cn1. The Hall–Kier alpha value is -3.49. The third kappa shape index (κ3) is 2.97. The minimum atomic E-state index is -4.52. The lowest BCUT2D eigenvalue weighted by Crippen LogP contribution is -2.08. The summed E-state index contributed by atoms with van der Waals surface area (Å²) in [6.07, 6.45) is -0.296. The first-order valence-electron chi connectivity index (χ1n) is 7.94. The highest BCUT2D eigenvalue weighted by atomic mass is 19.4. The van der Waals surface area contributed by atoms with E-state index in [1.54, 1.807) is 6.20 Å². The molecule has 0 amide bonds. The molecule has 0 aromatic carbocycles. The molecule has 0 aliphatic rings. The topological polar surface area (TPSA) is 82.0 Å². The summed E-state index contributed by atoms with van der Waals surface area (Å²) in [4.78, 5) is 12.5. The molecule has 0 fully saturated rings. The average Bonchev–Trinajstić information content (AvgIpc) is 2.98. The van der Waals surface area contributed by atoms with Crippen molar-refractivity contribution in [3.8, 4) is 22.5 Å². The van der Waals surface area contributed by atoms with Gasteiger partial charge in [-0.1, -0.05) is 0 Å². The molecular formula is C18H13F3N6. The van der Waals surface area contributed by atoms with E-state index >= 15 is 0 Å². The van der Waals surface area contributed by atoms with Crippen LogP contribution in [0.5, 0.6) is 0 Å². The van der Waals surface area contributed by atoms with Crippen LogP contribution >= 0.6 is 0 Å². The minimum absolute atomic E-state index is 0.203. The molecule has 4 aromatic rings. The molecule has 6 nitrogen and oxygen atoms in total. The molecule has 136 valence electrons. The Morgan fingerprint density at radius 3 is 2.52 bits per heavy atom. The zero-order valence-corrected chi connectivity index (χ0v) is 14.1. The molecule has 9 heteroatoms. The lowest BCUT2D eigenvalue weighted by atomic mass is 10.1. The number of hydrogen-bond acceptors (Lipinski definition) is 5. The molecule has 27 heavy (non-hydrogen) atoms. The van der Waals surface area contributed by atoms with Gasteiger partial charge in [0.1, 0.15) is 5.69 Å². The van der Waals surface area contributed by atoms with E-state index in [0.717, 1.165) is 11.8 Å². The molecule has 4 heterocycles. The van der Waals surface area contributed by atoms with Gasteiger partial charge >= 0.3 is 6.18 Å². The van der Waals surface area contributed by atoms with Gasteiger partial charge < -0.3 is 5.73 Å². The third-order valence-corrected chi connectivity index (χ3v) is 4.08. The summed E-state index contributed by atoms with van der Waals surface area (Å²) in [5.41, 5.74) is 7.59. The van der Waals surface area contributed by atoms with E-state index in [2.05, 4.69) is 20.1 Å². The fraction of sp³-hybridized carbons (Fsp3) is 0.111. The molecule has 0 spiro atoms. The number of alkyl halides is 3. The van der Waals surface area contributed by atoms with Crippen molar-refractivity contribution < 1.29 is 13.2 Å². The molecule has 0 atom stereocenters. The van der Waals surface area contributed by atoms with Crippen LogP contribution in [0.15, 0.2) is 48.9 Å². The molecule has 0 bridgehead atoms. The zero-order chi connectivity index (χ0) is 19.2. The van der Waals surface area contributed by atoms with E-state index in [0.29, 0.717) is 16.9 Å². The fourth-order valence-corrected chi connectivity index (χ4v) is 2.77. The van der Waals surface area contributed by atoms with Crippen LogP contribution in [0.4, 0.5) is 19.0 Å². The Bertz CT molecular complexity index is 1130. The molecule has 4 rings (SSSR count). The maximum absolute atomic E-state index is 13.3. The van der Waals surface area contributed by atoms with E-state index in [1.165, 1.54) is 29.0 Å². The Kier molecular flexibility index (Phi) is 3.79. The lowest BCUT2D eigenvalue weighted by Gasteiger charge is -2.11. The summed E-state index contributed by atoms with van der Waals surface area (Å²) in [5, 5.41) is 4.15. The number of rotatable bonds is 2. The van der Waals surface area contributed by atoms with Crippen LogP contribution in [-0.2, 0) is 6.18 Å². The van der Waals surface area contributed by atoms with E-state index in [4.69, 9.17) is 5.73 Å². The Morgan fingerprint density at radius 1 is 1.00 bits per heavy atom. The maximum Gasteiger partial charge on any atom is 0.418 e. The van der Waals surface area contributed by atoms with E-state index in [1.807, 2.05) is 19.1 Å². The van der Waals surface area contributed by atoms with E-state index < -0.39 is 11.7 Å². The van der Waals surface area contributed by atoms with Crippen molar-refractivity contribution in [2.45, 2.75) is 13.1 Å². The summed E-state index contributed by atoms with van der Waals surface area (Å²) in [5.74, 6) is 0.277. The van der Waals surface area contributed by atoms with Crippen molar-refractivity contribution in [3.63, 3.8) is 0 Å². The standard InChI is InChI=1S/C18H13F3N6/c1-10-4-5-11(8-24-10)16-17(22)27-14(26-16)7-12(9-25-27)15-13(18(19,20)21)3-2-6-23-15/h2-9H,22H2,1H3. The van der Waals surface area contributed by atoms with Crippen molar-refractivity contribution in [2.24, 2.45) is 0 Å². The second-order valence-electron chi connectivity index (χ2n) is 5.95. The highest BCUT2D eigenvalue weighted by Crippen LogP contribution is 2.36. The smallest absolute Gasteiger partial charge is 0.382 e. The largest absolute Gasteiger partial charge is 0.418 e. The summed E-state index contributed by atoms with van der Waals surface area (Å²) >= 11 is 0. The van der Waals surface area contributed by atoms with Gasteiger partial charge in [-0.25, -0.2) is 4.98 Å². The number of pyridine rings is 2. The van der Waals surface area contributed by atoms with Crippen molar-refractivity contribution in [2.75, 3.05) is 5.73 Å². The van der Waals surface area contributed by atoms with Gasteiger partial charge in [0.25, 0.3) is 0 Å². The van der Waals surface area contributed by atoms with Gasteiger partial charge in [-0.15, -0.1) is 0 Å². The zero-order valence-electron chi connectivity index (χ0n) is 14.1. The predicted molar refractivity (Wildman–Crippen MR) is 93.6 cm³/mol. The van der Waals surface area contributed by atoms with Crippen molar-refractivity contribution >= 4 is 11.5 Å². The predicted octanol–water partition coefficient (Wildman–Crippen LogP) is 3.76. The molecule has 0 radical (unpaired) electrons. The van der Waals surface area contributed by atoms with Gasteiger partial charge in [0.05, 0.1) is 17.5 Å². The van der Waals surface area contributed by atoms with Crippen LogP contribution < -0.4 is 5.73 Å². The Balaban J connectivity index is 1.86. The number of imidazole rings is 1. The van der Waals surface area contributed by atoms with Crippen LogP contribution in [0.25, 0.3) is 28.2 Å². The number of nitrogens with zero attached hydrogens (tertiary/aromatic N) is 5. The molecule has 4 aromatic heterocycles. The second-order valence-corrected chi connectivity index (χ2v) is 5.95. The normalized spacial score (nSPS) is 11.9. The molecule has 2 N–H and O–H groups in total. The van der Waals surface area contributed by atoms with Gasteiger partial charge in [0.15, 0.2) is 11.5 Å². The summed E-state index contributed by atoms with van der Waals surface area (Å²) in [7, 11) is 0. The highest BCUT2D eigenvalue weighted by Gasteiger charge is 2.34. The minimum Gasteiger partial charge on any atom is -0.382 e. The Morgan fingerprint density at radius 2 is 1.81 bits per heavy atom. The molecule has 0 unspecified atom stereocenters. The summed E-state index contributed by atoms with van der Waals surface area (Å²) in [6, 6.07) is 7.35. The van der Waals surface area contributed by atoms with Gasteiger partial charge in [-0.05, 0) is 37.3 Å². The molecule has 0 saturated carbocycles. The number of hydrogen-bond donors (Lipinski definition) is 1. The van der Waals surface area contributed by atoms with Crippen molar-refractivity contribution in [1.29, 1.82) is 0 Å². The van der Waals surface area contributed by atoms with Crippen LogP contribution in [-0.4, -0.2) is 24.6 Å². The van der Waals surface area contributed by atoms with Gasteiger partial charge in [0, 0.05) is 29.2 Å². The van der Waals surface area contributed by atoms with Gasteiger partial charge in [-0.2, -0.15) is 22.8 Å². The van der Waals surface area contributed by atoms with Gasteiger partial charge in [0.2, 0.25) is 0 Å².